The maximum Gasteiger partial charge on any atom is 0.0657 e. The van der Waals surface area contributed by atoms with Gasteiger partial charge in [0, 0.05) is 44.3 Å². The molecule has 1 fully saturated rings. The number of piperazine rings is 1. The van der Waals surface area contributed by atoms with Crippen LogP contribution in [0.3, 0.4) is 0 Å². The first-order chi connectivity index (χ1) is 9.22. The van der Waals surface area contributed by atoms with Crippen LogP contribution in [0.1, 0.15) is 18.2 Å². The Labute approximate surface area is 115 Å². The van der Waals surface area contributed by atoms with Crippen molar-refractivity contribution in [1.82, 2.24) is 9.88 Å². The van der Waals surface area contributed by atoms with Gasteiger partial charge in [0.15, 0.2) is 0 Å². The Morgan fingerprint density at radius 1 is 1.21 bits per heavy atom. The lowest BCUT2D eigenvalue weighted by Gasteiger charge is -2.30. The van der Waals surface area contributed by atoms with Gasteiger partial charge in [-0.25, -0.2) is 0 Å². The third-order valence-corrected chi connectivity index (χ3v) is 4.36. The molecule has 0 atom stereocenters. The summed E-state index contributed by atoms with van der Waals surface area (Å²) in [6.07, 6.45) is 1.10. The molecule has 1 aromatic heterocycles. The molecule has 3 heteroatoms. The molecular weight excluding hydrogens is 234 g/mol. The highest BCUT2D eigenvalue weighted by atomic mass is 15.2. The van der Waals surface area contributed by atoms with E-state index in [4.69, 9.17) is 0 Å². The summed E-state index contributed by atoms with van der Waals surface area (Å²) in [5.74, 6) is 0. The standard InChI is InChI=1S/C16H23N3/c1-4-13-5-6-15-14(11-13)16(12(2)18(15)3)19-9-7-17-8-10-19/h5-6,11,17H,4,7-10H2,1-3H3. The first-order valence-electron chi connectivity index (χ1n) is 7.26. The number of fused-ring (bicyclic) bond motifs is 1. The maximum atomic E-state index is 3.43. The summed E-state index contributed by atoms with van der Waals surface area (Å²) in [6.45, 7) is 8.85. The second-order valence-corrected chi connectivity index (χ2v) is 5.44. The van der Waals surface area contributed by atoms with E-state index >= 15 is 0 Å². The molecule has 0 spiro atoms. The number of benzene rings is 1. The van der Waals surface area contributed by atoms with Gasteiger partial charge >= 0.3 is 0 Å². The molecule has 2 aromatic rings. The SMILES string of the molecule is CCc1ccc2c(c1)c(N1CCNCC1)c(C)n2C. The van der Waals surface area contributed by atoms with Crippen molar-refractivity contribution in [3.8, 4) is 0 Å². The topological polar surface area (TPSA) is 20.2 Å². The minimum absolute atomic E-state index is 1.09. The summed E-state index contributed by atoms with van der Waals surface area (Å²) >= 11 is 0. The molecule has 19 heavy (non-hydrogen) atoms. The predicted octanol–water partition coefficient (Wildman–Crippen LogP) is 2.46. The van der Waals surface area contributed by atoms with E-state index < -0.39 is 0 Å². The molecule has 1 aromatic carbocycles. The lowest BCUT2D eigenvalue weighted by molar-refractivity contribution is 0.589. The highest BCUT2D eigenvalue weighted by Gasteiger charge is 2.19. The lowest BCUT2D eigenvalue weighted by Crippen LogP contribution is -2.43. The minimum Gasteiger partial charge on any atom is -0.367 e. The third-order valence-electron chi connectivity index (χ3n) is 4.36. The third kappa shape index (κ3) is 2.02. The molecule has 0 bridgehead atoms. The number of nitrogens with one attached hydrogen (secondary N) is 1. The smallest absolute Gasteiger partial charge is 0.0657 e. The average molecular weight is 257 g/mol. The Kier molecular flexibility index (Phi) is 3.23. The quantitative estimate of drug-likeness (QED) is 0.892. The average Bonchev–Trinajstić information content (AvgIpc) is 2.71. The maximum absolute atomic E-state index is 3.43. The van der Waals surface area contributed by atoms with Crippen LogP contribution in [-0.2, 0) is 13.5 Å². The highest BCUT2D eigenvalue weighted by molar-refractivity contribution is 5.96. The van der Waals surface area contributed by atoms with Crippen molar-refractivity contribution in [1.29, 1.82) is 0 Å². The van der Waals surface area contributed by atoms with Gasteiger partial charge in [-0.2, -0.15) is 0 Å². The number of rotatable bonds is 2. The van der Waals surface area contributed by atoms with Crippen molar-refractivity contribution in [2.75, 3.05) is 31.1 Å². The monoisotopic (exact) mass is 257 g/mol. The number of aryl methyl sites for hydroxylation is 2. The van der Waals surface area contributed by atoms with Crippen LogP contribution in [-0.4, -0.2) is 30.7 Å². The molecule has 0 radical (unpaired) electrons. The summed E-state index contributed by atoms with van der Waals surface area (Å²) in [5.41, 5.74) is 5.59. The molecule has 1 N–H and O–H groups in total. The molecular formula is C16H23N3. The van der Waals surface area contributed by atoms with Crippen molar-refractivity contribution >= 4 is 16.6 Å². The predicted molar refractivity (Wildman–Crippen MR) is 82.1 cm³/mol. The van der Waals surface area contributed by atoms with E-state index in [1.165, 1.54) is 27.8 Å². The Balaban J connectivity index is 2.17. The number of nitrogens with zero attached hydrogens (tertiary/aromatic N) is 2. The van der Waals surface area contributed by atoms with Gasteiger partial charge in [0.05, 0.1) is 11.2 Å². The largest absolute Gasteiger partial charge is 0.367 e. The number of anilines is 1. The fourth-order valence-electron chi connectivity index (χ4n) is 3.11. The molecule has 0 unspecified atom stereocenters. The summed E-state index contributed by atoms with van der Waals surface area (Å²) in [4.78, 5) is 2.54. The lowest BCUT2D eigenvalue weighted by atomic mass is 10.1. The minimum atomic E-state index is 1.09. The van der Waals surface area contributed by atoms with Crippen molar-refractivity contribution < 1.29 is 0 Å². The molecule has 2 heterocycles. The van der Waals surface area contributed by atoms with Crippen LogP contribution in [0.15, 0.2) is 18.2 Å². The molecule has 3 rings (SSSR count). The summed E-state index contributed by atoms with van der Waals surface area (Å²) in [7, 11) is 2.18. The zero-order valence-electron chi connectivity index (χ0n) is 12.2. The van der Waals surface area contributed by atoms with Gasteiger partial charge in [0.2, 0.25) is 0 Å². The van der Waals surface area contributed by atoms with Crippen LogP contribution >= 0.6 is 0 Å². The molecule has 0 amide bonds. The van der Waals surface area contributed by atoms with Gasteiger partial charge in [-0.05, 0) is 31.0 Å². The van der Waals surface area contributed by atoms with Crippen LogP contribution < -0.4 is 10.2 Å². The van der Waals surface area contributed by atoms with Crippen molar-refractivity contribution in [2.24, 2.45) is 7.05 Å². The van der Waals surface area contributed by atoms with Gasteiger partial charge in [0.25, 0.3) is 0 Å². The van der Waals surface area contributed by atoms with E-state index in [0.29, 0.717) is 0 Å². The number of hydrogen-bond donors (Lipinski definition) is 1. The summed E-state index contributed by atoms with van der Waals surface area (Å²) in [6, 6.07) is 6.90. The zero-order valence-corrected chi connectivity index (χ0v) is 12.2. The van der Waals surface area contributed by atoms with Crippen molar-refractivity contribution in [2.45, 2.75) is 20.3 Å². The van der Waals surface area contributed by atoms with E-state index in [0.717, 1.165) is 32.6 Å². The van der Waals surface area contributed by atoms with Crippen molar-refractivity contribution in [3.63, 3.8) is 0 Å². The fraction of sp³-hybridized carbons (Fsp3) is 0.500. The molecule has 1 aliphatic rings. The van der Waals surface area contributed by atoms with E-state index in [2.05, 4.69) is 53.9 Å². The van der Waals surface area contributed by atoms with E-state index in [-0.39, 0.29) is 0 Å². The molecule has 1 aliphatic heterocycles. The van der Waals surface area contributed by atoms with Gasteiger partial charge in [-0.1, -0.05) is 13.0 Å². The van der Waals surface area contributed by atoms with Crippen LogP contribution in [0.4, 0.5) is 5.69 Å². The van der Waals surface area contributed by atoms with Gasteiger partial charge in [0.1, 0.15) is 0 Å². The summed E-state index contributed by atoms with van der Waals surface area (Å²) < 4.78 is 2.33. The second-order valence-electron chi connectivity index (χ2n) is 5.44. The fourth-order valence-corrected chi connectivity index (χ4v) is 3.11. The second kappa shape index (κ2) is 4.89. The van der Waals surface area contributed by atoms with Crippen LogP contribution in [0, 0.1) is 6.92 Å². The van der Waals surface area contributed by atoms with Gasteiger partial charge < -0.3 is 14.8 Å². The van der Waals surface area contributed by atoms with E-state index in [1.54, 1.807) is 0 Å². The van der Waals surface area contributed by atoms with E-state index in [1.807, 2.05) is 0 Å². The Hall–Kier alpha value is -1.48. The molecule has 0 aliphatic carbocycles. The highest BCUT2D eigenvalue weighted by Crippen LogP contribution is 2.33. The Morgan fingerprint density at radius 3 is 2.63 bits per heavy atom. The van der Waals surface area contributed by atoms with E-state index in [9.17, 15) is 0 Å². The molecule has 0 saturated carbocycles. The normalized spacial score (nSPS) is 16.3. The zero-order chi connectivity index (χ0) is 13.4. The Morgan fingerprint density at radius 2 is 1.95 bits per heavy atom. The van der Waals surface area contributed by atoms with Crippen molar-refractivity contribution in [3.05, 3.63) is 29.5 Å². The van der Waals surface area contributed by atoms with Gasteiger partial charge in [-0.15, -0.1) is 0 Å². The summed E-state index contributed by atoms with van der Waals surface area (Å²) in [5, 5.41) is 4.85. The Bertz CT molecular complexity index is 592. The van der Waals surface area contributed by atoms with Crippen LogP contribution in [0.25, 0.3) is 10.9 Å². The number of aromatic nitrogens is 1. The van der Waals surface area contributed by atoms with Crippen LogP contribution in [0.5, 0.6) is 0 Å². The molecule has 1 saturated heterocycles. The first kappa shape index (κ1) is 12.5. The number of hydrogen-bond acceptors (Lipinski definition) is 2. The van der Waals surface area contributed by atoms with Gasteiger partial charge in [-0.3, -0.25) is 0 Å². The first-order valence-corrected chi connectivity index (χ1v) is 7.26. The molecule has 102 valence electrons. The molecule has 3 nitrogen and oxygen atoms in total. The van der Waals surface area contributed by atoms with Crippen LogP contribution in [0.2, 0.25) is 0 Å².